The average molecular weight is 235 g/mol. The maximum absolute atomic E-state index is 12.1. The Labute approximate surface area is 100 Å². The Kier molecular flexibility index (Phi) is 3.58. The summed E-state index contributed by atoms with van der Waals surface area (Å²) < 4.78 is 0. The van der Waals surface area contributed by atoms with Gasteiger partial charge in [0.2, 0.25) is 0 Å². The zero-order valence-corrected chi connectivity index (χ0v) is 9.89. The molecule has 0 aliphatic carbocycles. The molecule has 5 heteroatoms. The van der Waals surface area contributed by atoms with Crippen LogP contribution < -0.4 is 5.32 Å². The van der Waals surface area contributed by atoms with E-state index in [4.69, 9.17) is 0 Å². The number of nitrogens with one attached hydrogen (secondary N) is 1. The van der Waals surface area contributed by atoms with Crippen molar-refractivity contribution in [2.24, 2.45) is 5.92 Å². The Morgan fingerprint density at radius 2 is 2.47 bits per heavy atom. The van der Waals surface area contributed by atoms with Gasteiger partial charge in [0.1, 0.15) is 5.75 Å². The smallest absolute Gasteiger partial charge is 0.255 e. The lowest BCUT2D eigenvalue weighted by atomic mass is 10.1. The standard InChI is InChI=1S/C12H17N3O2/c1-13-5-9-2-3-15(8-9)12(17)10-4-11(16)7-14-6-10/h4,6-7,9,13,16H,2-3,5,8H2,1H3. The number of likely N-dealkylation sites (tertiary alicyclic amines) is 1. The molecule has 0 spiro atoms. The van der Waals surface area contributed by atoms with Gasteiger partial charge in [0.15, 0.2) is 0 Å². The van der Waals surface area contributed by atoms with Crippen molar-refractivity contribution in [3.63, 3.8) is 0 Å². The molecule has 2 N–H and O–H groups in total. The average Bonchev–Trinajstić information content (AvgIpc) is 2.77. The van der Waals surface area contributed by atoms with Crippen LogP contribution >= 0.6 is 0 Å². The number of rotatable bonds is 3. The molecule has 1 unspecified atom stereocenters. The van der Waals surface area contributed by atoms with E-state index in [2.05, 4.69) is 10.3 Å². The van der Waals surface area contributed by atoms with Crippen LogP contribution in [0.5, 0.6) is 5.75 Å². The molecule has 1 atom stereocenters. The molecule has 0 radical (unpaired) electrons. The normalized spacial score (nSPS) is 19.6. The second kappa shape index (κ2) is 5.14. The van der Waals surface area contributed by atoms with Crippen molar-refractivity contribution in [3.8, 4) is 5.75 Å². The molecule has 0 bridgehead atoms. The number of carbonyl (C=O) groups excluding carboxylic acids is 1. The van der Waals surface area contributed by atoms with E-state index in [1.165, 1.54) is 18.5 Å². The Balaban J connectivity index is 2.02. The molecular formula is C12H17N3O2. The first-order valence-corrected chi connectivity index (χ1v) is 5.78. The zero-order chi connectivity index (χ0) is 12.3. The minimum Gasteiger partial charge on any atom is -0.506 e. The first-order chi connectivity index (χ1) is 8.20. The summed E-state index contributed by atoms with van der Waals surface area (Å²) in [6.07, 6.45) is 3.84. The quantitative estimate of drug-likeness (QED) is 0.799. The molecular weight excluding hydrogens is 218 g/mol. The predicted octanol–water partition coefficient (Wildman–Crippen LogP) is 0.469. The summed E-state index contributed by atoms with van der Waals surface area (Å²) in [5, 5.41) is 12.4. The van der Waals surface area contributed by atoms with Crippen LogP contribution in [0.25, 0.3) is 0 Å². The van der Waals surface area contributed by atoms with Gasteiger partial charge in [0, 0.05) is 19.3 Å². The highest BCUT2D eigenvalue weighted by molar-refractivity contribution is 5.94. The van der Waals surface area contributed by atoms with Gasteiger partial charge in [-0.1, -0.05) is 0 Å². The summed E-state index contributed by atoms with van der Waals surface area (Å²) in [7, 11) is 1.92. The number of hydrogen-bond acceptors (Lipinski definition) is 4. The third-order valence-electron chi connectivity index (χ3n) is 3.04. The van der Waals surface area contributed by atoms with Crippen molar-refractivity contribution in [2.75, 3.05) is 26.7 Å². The van der Waals surface area contributed by atoms with E-state index in [-0.39, 0.29) is 11.7 Å². The van der Waals surface area contributed by atoms with Crippen molar-refractivity contribution in [3.05, 3.63) is 24.0 Å². The summed E-state index contributed by atoms with van der Waals surface area (Å²) in [5.74, 6) is 0.503. The van der Waals surface area contributed by atoms with E-state index in [1.807, 2.05) is 11.9 Å². The summed E-state index contributed by atoms with van der Waals surface area (Å²) >= 11 is 0. The fourth-order valence-corrected chi connectivity index (χ4v) is 2.20. The second-order valence-corrected chi connectivity index (χ2v) is 4.40. The highest BCUT2D eigenvalue weighted by Gasteiger charge is 2.26. The number of aromatic nitrogens is 1. The molecule has 1 aromatic heterocycles. The van der Waals surface area contributed by atoms with Gasteiger partial charge in [0.25, 0.3) is 5.91 Å². The maximum Gasteiger partial charge on any atom is 0.255 e. The van der Waals surface area contributed by atoms with Crippen LogP contribution in [-0.4, -0.2) is 47.6 Å². The van der Waals surface area contributed by atoms with Crippen LogP contribution in [0.2, 0.25) is 0 Å². The predicted molar refractivity (Wildman–Crippen MR) is 63.8 cm³/mol. The third-order valence-corrected chi connectivity index (χ3v) is 3.04. The van der Waals surface area contributed by atoms with Crippen LogP contribution in [0.3, 0.4) is 0 Å². The molecule has 2 rings (SSSR count). The van der Waals surface area contributed by atoms with Crippen molar-refractivity contribution in [1.29, 1.82) is 0 Å². The van der Waals surface area contributed by atoms with E-state index >= 15 is 0 Å². The second-order valence-electron chi connectivity index (χ2n) is 4.40. The number of pyridine rings is 1. The maximum atomic E-state index is 12.1. The lowest BCUT2D eigenvalue weighted by molar-refractivity contribution is 0.0786. The monoisotopic (exact) mass is 235 g/mol. The first-order valence-electron chi connectivity index (χ1n) is 5.78. The van der Waals surface area contributed by atoms with Gasteiger partial charge in [0.05, 0.1) is 11.8 Å². The van der Waals surface area contributed by atoms with Gasteiger partial charge >= 0.3 is 0 Å². The molecule has 1 aromatic rings. The Morgan fingerprint density at radius 3 is 3.18 bits per heavy atom. The fraction of sp³-hybridized carbons (Fsp3) is 0.500. The van der Waals surface area contributed by atoms with Crippen LogP contribution in [-0.2, 0) is 0 Å². The minimum atomic E-state index is -0.0491. The van der Waals surface area contributed by atoms with Gasteiger partial charge < -0.3 is 15.3 Å². The van der Waals surface area contributed by atoms with E-state index in [1.54, 1.807) is 0 Å². The number of carbonyl (C=O) groups is 1. The molecule has 0 saturated carbocycles. The summed E-state index contributed by atoms with van der Waals surface area (Å²) in [6.45, 7) is 2.48. The molecule has 1 amide bonds. The minimum absolute atomic E-state index is 0.0295. The molecule has 17 heavy (non-hydrogen) atoms. The number of aromatic hydroxyl groups is 1. The summed E-state index contributed by atoms with van der Waals surface area (Å²) in [4.78, 5) is 17.7. The molecule has 92 valence electrons. The van der Waals surface area contributed by atoms with E-state index in [9.17, 15) is 9.90 Å². The molecule has 2 heterocycles. The van der Waals surface area contributed by atoms with Crippen LogP contribution in [0, 0.1) is 5.92 Å². The number of hydrogen-bond donors (Lipinski definition) is 2. The lowest BCUT2D eigenvalue weighted by Gasteiger charge is -2.16. The van der Waals surface area contributed by atoms with Gasteiger partial charge in [-0.2, -0.15) is 0 Å². The Morgan fingerprint density at radius 1 is 1.65 bits per heavy atom. The Bertz CT molecular complexity index is 408. The summed E-state index contributed by atoms with van der Waals surface area (Å²) in [6, 6.07) is 1.46. The van der Waals surface area contributed by atoms with Gasteiger partial charge in [-0.05, 0) is 32.0 Å². The molecule has 1 aliphatic heterocycles. The van der Waals surface area contributed by atoms with Gasteiger partial charge in [-0.3, -0.25) is 9.78 Å². The van der Waals surface area contributed by atoms with Crippen molar-refractivity contribution < 1.29 is 9.90 Å². The lowest BCUT2D eigenvalue weighted by Crippen LogP contribution is -2.30. The fourth-order valence-electron chi connectivity index (χ4n) is 2.20. The SMILES string of the molecule is CNCC1CCN(C(=O)c2cncc(O)c2)C1. The highest BCUT2D eigenvalue weighted by atomic mass is 16.3. The van der Waals surface area contributed by atoms with Gasteiger partial charge in [-0.25, -0.2) is 0 Å². The molecule has 1 aliphatic rings. The molecule has 1 saturated heterocycles. The van der Waals surface area contributed by atoms with E-state index < -0.39 is 0 Å². The largest absolute Gasteiger partial charge is 0.506 e. The van der Waals surface area contributed by atoms with E-state index in [0.717, 1.165) is 26.1 Å². The summed E-state index contributed by atoms with van der Waals surface area (Å²) in [5.41, 5.74) is 0.454. The first kappa shape index (κ1) is 11.9. The Hall–Kier alpha value is -1.62. The van der Waals surface area contributed by atoms with Crippen LogP contribution in [0.1, 0.15) is 16.8 Å². The number of amides is 1. The topological polar surface area (TPSA) is 65.5 Å². The highest BCUT2D eigenvalue weighted by Crippen LogP contribution is 2.19. The molecule has 0 aromatic carbocycles. The molecule has 5 nitrogen and oxygen atoms in total. The van der Waals surface area contributed by atoms with Crippen molar-refractivity contribution >= 4 is 5.91 Å². The van der Waals surface area contributed by atoms with Crippen molar-refractivity contribution in [2.45, 2.75) is 6.42 Å². The van der Waals surface area contributed by atoms with Gasteiger partial charge in [-0.15, -0.1) is 0 Å². The zero-order valence-electron chi connectivity index (χ0n) is 9.89. The van der Waals surface area contributed by atoms with Crippen molar-refractivity contribution in [1.82, 2.24) is 15.2 Å². The number of nitrogens with zero attached hydrogens (tertiary/aromatic N) is 2. The third kappa shape index (κ3) is 2.74. The molecule has 1 fully saturated rings. The van der Waals surface area contributed by atoms with E-state index in [0.29, 0.717) is 11.5 Å². The van der Waals surface area contributed by atoms with Crippen LogP contribution in [0.4, 0.5) is 0 Å². The van der Waals surface area contributed by atoms with Crippen LogP contribution in [0.15, 0.2) is 18.5 Å².